The molecule has 0 aliphatic carbocycles. The molecular weight excluding hydrogens is 164 g/mol. The van der Waals surface area contributed by atoms with E-state index in [-0.39, 0.29) is 0 Å². The van der Waals surface area contributed by atoms with Crippen LogP contribution in [0.3, 0.4) is 0 Å². The molecule has 0 fully saturated rings. The van der Waals surface area contributed by atoms with Crippen molar-refractivity contribution in [1.82, 2.24) is 15.0 Å². The second-order valence-corrected chi connectivity index (χ2v) is 2.43. The summed E-state index contributed by atoms with van der Waals surface area (Å²) in [6.45, 7) is 3.58. The molecule has 62 valence electrons. The van der Waals surface area contributed by atoms with Crippen molar-refractivity contribution < 1.29 is 0 Å². The van der Waals surface area contributed by atoms with Crippen LogP contribution in [0, 0.1) is 0 Å². The minimum atomic E-state index is 0.592. The highest BCUT2D eigenvalue weighted by Gasteiger charge is 1.98. The summed E-state index contributed by atoms with van der Waals surface area (Å²) >= 11 is 5.50. The molecule has 5 heteroatoms. The van der Waals surface area contributed by atoms with Crippen LogP contribution in [0.4, 0.5) is 5.82 Å². The highest BCUT2D eigenvalue weighted by atomic mass is 35.5. The Balaban J connectivity index is 2.54. The fourth-order valence-electron chi connectivity index (χ4n) is 0.803. The number of nitrogens with one attached hydrogen (secondary N) is 1. The molecule has 11 heavy (non-hydrogen) atoms. The number of halogens is 1. The van der Waals surface area contributed by atoms with Gasteiger partial charge in [0.1, 0.15) is 5.82 Å². The van der Waals surface area contributed by atoms with Crippen molar-refractivity contribution in [1.29, 1.82) is 0 Å². The number of hydrogen-bond acceptors (Lipinski definition) is 3. The van der Waals surface area contributed by atoms with Gasteiger partial charge >= 0.3 is 0 Å². The van der Waals surface area contributed by atoms with Crippen molar-refractivity contribution in [2.75, 3.05) is 17.7 Å². The van der Waals surface area contributed by atoms with Crippen molar-refractivity contribution in [2.24, 2.45) is 0 Å². The number of aromatic nitrogens is 3. The summed E-state index contributed by atoms with van der Waals surface area (Å²) < 4.78 is 1.78. The van der Waals surface area contributed by atoms with Gasteiger partial charge in [0.15, 0.2) is 0 Å². The lowest BCUT2D eigenvalue weighted by atomic mass is 10.6. The van der Waals surface area contributed by atoms with Crippen molar-refractivity contribution in [2.45, 2.75) is 13.5 Å². The van der Waals surface area contributed by atoms with Crippen molar-refractivity contribution in [3.05, 3.63) is 6.20 Å². The lowest BCUT2D eigenvalue weighted by molar-refractivity contribution is 0.631. The van der Waals surface area contributed by atoms with Gasteiger partial charge in [-0.25, -0.2) is 4.68 Å². The van der Waals surface area contributed by atoms with Gasteiger partial charge in [0.25, 0.3) is 0 Å². The third-order valence-electron chi connectivity index (χ3n) is 1.32. The first-order chi connectivity index (χ1) is 5.38. The van der Waals surface area contributed by atoms with Gasteiger partial charge in [-0.15, -0.1) is 16.7 Å². The predicted molar refractivity (Wildman–Crippen MR) is 44.9 cm³/mol. The number of hydrogen-bond donors (Lipinski definition) is 1. The summed E-state index contributed by atoms with van der Waals surface area (Å²) in [6.07, 6.45) is 1.69. The standard InChI is InChI=1S/C6H11ClN4/c1-2-11-6(5-9-10-11)8-4-3-7/h5,8H,2-4H2,1H3. The molecule has 1 rings (SSSR count). The van der Waals surface area contributed by atoms with Crippen LogP contribution in [0.2, 0.25) is 0 Å². The quantitative estimate of drug-likeness (QED) is 0.692. The number of rotatable bonds is 4. The Morgan fingerprint density at radius 3 is 3.18 bits per heavy atom. The van der Waals surface area contributed by atoms with Crippen LogP contribution in [0.5, 0.6) is 0 Å². The highest BCUT2D eigenvalue weighted by molar-refractivity contribution is 6.18. The number of alkyl halides is 1. The molecule has 0 saturated carbocycles. The van der Waals surface area contributed by atoms with Gasteiger partial charge in [0.2, 0.25) is 0 Å². The second kappa shape index (κ2) is 4.18. The molecule has 1 aromatic heterocycles. The molecule has 0 radical (unpaired) electrons. The summed E-state index contributed by atoms with van der Waals surface area (Å²) in [5.74, 6) is 1.52. The first kappa shape index (κ1) is 8.33. The molecule has 1 heterocycles. The monoisotopic (exact) mass is 174 g/mol. The van der Waals surface area contributed by atoms with Crippen molar-refractivity contribution in [3.63, 3.8) is 0 Å². The van der Waals surface area contributed by atoms with Crippen LogP contribution < -0.4 is 5.32 Å². The zero-order chi connectivity index (χ0) is 8.10. The summed E-state index contributed by atoms with van der Waals surface area (Å²) in [4.78, 5) is 0. The normalized spacial score (nSPS) is 10.0. The Bertz CT molecular complexity index is 210. The number of nitrogens with zero attached hydrogens (tertiary/aromatic N) is 3. The lowest BCUT2D eigenvalue weighted by Gasteiger charge is -2.03. The van der Waals surface area contributed by atoms with E-state index in [0.717, 1.165) is 18.9 Å². The third-order valence-corrected chi connectivity index (χ3v) is 1.51. The molecule has 0 aromatic carbocycles. The Morgan fingerprint density at radius 2 is 2.55 bits per heavy atom. The summed E-state index contributed by atoms with van der Waals surface area (Å²) in [6, 6.07) is 0. The maximum atomic E-state index is 5.50. The van der Waals surface area contributed by atoms with Crippen molar-refractivity contribution in [3.8, 4) is 0 Å². The van der Waals surface area contributed by atoms with E-state index in [9.17, 15) is 0 Å². The first-order valence-electron chi connectivity index (χ1n) is 3.56. The molecule has 4 nitrogen and oxygen atoms in total. The molecule has 0 unspecified atom stereocenters. The lowest BCUT2D eigenvalue weighted by Crippen LogP contribution is -2.08. The Labute approximate surface area is 70.5 Å². The van der Waals surface area contributed by atoms with Crippen molar-refractivity contribution >= 4 is 17.4 Å². The maximum Gasteiger partial charge on any atom is 0.144 e. The molecule has 0 spiro atoms. The van der Waals surface area contributed by atoms with Gasteiger partial charge < -0.3 is 5.32 Å². The molecule has 1 aromatic rings. The van der Waals surface area contributed by atoms with Gasteiger partial charge in [-0.2, -0.15) is 0 Å². The molecule has 0 atom stereocenters. The summed E-state index contributed by atoms with van der Waals surface area (Å²) in [5, 5.41) is 10.7. The average Bonchev–Trinajstić information content (AvgIpc) is 2.47. The highest BCUT2D eigenvalue weighted by Crippen LogP contribution is 2.01. The summed E-state index contributed by atoms with van der Waals surface area (Å²) in [5.41, 5.74) is 0. The van der Waals surface area contributed by atoms with Gasteiger partial charge in [-0.1, -0.05) is 5.21 Å². The zero-order valence-corrected chi connectivity index (χ0v) is 7.17. The maximum absolute atomic E-state index is 5.50. The minimum Gasteiger partial charge on any atom is -0.368 e. The van der Waals surface area contributed by atoms with Crippen LogP contribution in [0.15, 0.2) is 6.20 Å². The van der Waals surface area contributed by atoms with E-state index in [1.54, 1.807) is 10.9 Å². The topological polar surface area (TPSA) is 42.7 Å². The largest absolute Gasteiger partial charge is 0.368 e. The van der Waals surface area contributed by atoms with Crippen LogP contribution in [-0.2, 0) is 6.54 Å². The van der Waals surface area contributed by atoms with E-state index in [2.05, 4.69) is 15.6 Å². The third kappa shape index (κ3) is 2.08. The van der Waals surface area contributed by atoms with Crippen LogP contribution in [-0.4, -0.2) is 27.4 Å². The molecule has 0 aliphatic rings. The Hall–Kier alpha value is -0.770. The van der Waals surface area contributed by atoms with E-state index in [0.29, 0.717) is 5.88 Å². The molecule has 1 N–H and O–H groups in total. The van der Waals surface area contributed by atoms with E-state index < -0.39 is 0 Å². The second-order valence-electron chi connectivity index (χ2n) is 2.05. The molecule has 0 bridgehead atoms. The van der Waals surface area contributed by atoms with Gasteiger partial charge in [0.05, 0.1) is 6.20 Å². The fraction of sp³-hybridized carbons (Fsp3) is 0.667. The zero-order valence-electron chi connectivity index (χ0n) is 6.42. The predicted octanol–water partition coefficient (Wildman–Crippen LogP) is 0.949. The minimum absolute atomic E-state index is 0.592. The molecule has 0 saturated heterocycles. The van der Waals surface area contributed by atoms with Crippen LogP contribution in [0.1, 0.15) is 6.92 Å². The van der Waals surface area contributed by atoms with Crippen LogP contribution in [0.25, 0.3) is 0 Å². The SMILES string of the molecule is CCn1nncc1NCCCl. The van der Waals surface area contributed by atoms with E-state index in [1.807, 2.05) is 6.92 Å². The van der Waals surface area contributed by atoms with E-state index >= 15 is 0 Å². The smallest absolute Gasteiger partial charge is 0.144 e. The Kier molecular flexibility index (Phi) is 3.16. The van der Waals surface area contributed by atoms with Gasteiger partial charge in [-0.3, -0.25) is 0 Å². The van der Waals surface area contributed by atoms with E-state index in [1.165, 1.54) is 0 Å². The molecule has 0 aliphatic heterocycles. The first-order valence-corrected chi connectivity index (χ1v) is 4.10. The summed E-state index contributed by atoms with van der Waals surface area (Å²) in [7, 11) is 0. The van der Waals surface area contributed by atoms with Gasteiger partial charge in [0, 0.05) is 19.0 Å². The Morgan fingerprint density at radius 1 is 1.73 bits per heavy atom. The number of anilines is 1. The van der Waals surface area contributed by atoms with Crippen LogP contribution >= 0.6 is 11.6 Å². The average molecular weight is 175 g/mol. The number of aryl methyl sites for hydroxylation is 1. The van der Waals surface area contributed by atoms with Gasteiger partial charge in [-0.05, 0) is 6.92 Å². The van der Waals surface area contributed by atoms with E-state index in [4.69, 9.17) is 11.6 Å². The molecule has 0 amide bonds. The molecular formula is C6H11ClN4. The fourth-order valence-corrected chi connectivity index (χ4v) is 0.898.